The van der Waals surface area contributed by atoms with Gasteiger partial charge in [-0.2, -0.15) is 0 Å². The van der Waals surface area contributed by atoms with Gasteiger partial charge in [0, 0.05) is 28.8 Å². The Morgan fingerprint density at radius 1 is 1.44 bits per heavy atom. The quantitative estimate of drug-likeness (QED) is 0.460. The first-order valence-corrected chi connectivity index (χ1v) is 6.82. The molecule has 0 atom stereocenters. The van der Waals surface area contributed by atoms with E-state index in [1.165, 1.54) is 12.1 Å². The van der Waals surface area contributed by atoms with Crippen LogP contribution in [0.3, 0.4) is 0 Å². The molecule has 1 amide bonds. The number of nitro benzene ring substituents is 1. The summed E-state index contributed by atoms with van der Waals surface area (Å²) in [5.41, 5.74) is 0.353. The average Bonchev–Trinajstić information content (AvgIpc) is 2.35. The minimum absolute atomic E-state index is 0.0497. The van der Waals surface area contributed by atoms with Gasteiger partial charge in [0.25, 0.3) is 11.6 Å². The van der Waals surface area contributed by atoms with Gasteiger partial charge in [0.2, 0.25) is 0 Å². The second-order valence-electron chi connectivity index (χ2n) is 3.81. The molecule has 18 heavy (non-hydrogen) atoms. The van der Waals surface area contributed by atoms with Crippen LogP contribution in [-0.2, 0) is 0 Å². The minimum atomic E-state index is -0.483. The molecular formula is C12H15IN2O3. The summed E-state index contributed by atoms with van der Waals surface area (Å²) < 4.78 is 0.734. The van der Waals surface area contributed by atoms with E-state index in [0.29, 0.717) is 18.7 Å². The van der Waals surface area contributed by atoms with Gasteiger partial charge in [-0.1, -0.05) is 6.92 Å². The Balaban J connectivity index is 3.10. The summed E-state index contributed by atoms with van der Waals surface area (Å²) in [6.45, 7) is 5.16. The van der Waals surface area contributed by atoms with Gasteiger partial charge in [-0.3, -0.25) is 14.9 Å². The molecule has 0 bridgehead atoms. The van der Waals surface area contributed by atoms with Crippen molar-refractivity contribution in [1.29, 1.82) is 0 Å². The van der Waals surface area contributed by atoms with Crippen LogP contribution in [0.1, 0.15) is 30.6 Å². The molecule has 0 saturated heterocycles. The van der Waals surface area contributed by atoms with Gasteiger partial charge in [0.15, 0.2) is 0 Å². The predicted molar refractivity (Wildman–Crippen MR) is 77.7 cm³/mol. The maximum absolute atomic E-state index is 12.3. The van der Waals surface area contributed by atoms with Crippen molar-refractivity contribution in [3.8, 4) is 0 Å². The van der Waals surface area contributed by atoms with Gasteiger partial charge >= 0.3 is 0 Å². The third-order valence-electron chi connectivity index (χ3n) is 2.55. The van der Waals surface area contributed by atoms with Crippen LogP contribution in [-0.4, -0.2) is 28.8 Å². The van der Waals surface area contributed by atoms with Gasteiger partial charge in [-0.25, -0.2) is 0 Å². The molecule has 0 aliphatic carbocycles. The normalized spacial score (nSPS) is 10.2. The molecule has 0 aliphatic rings. The SMILES string of the molecule is CCCN(CC)C(=O)c1cc([N+](=O)[O-])ccc1I. The zero-order valence-electron chi connectivity index (χ0n) is 10.4. The zero-order chi connectivity index (χ0) is 13.7. The Bertz CT molecular complexity index is 463. The molecule has 5 nitrogen and oxygen atoms in total. The number of hydrogen-bond donors (Lipinski definition) is 0. The molecule has 0 heterocycles. The van der Waals surface area contributed by atoms with E-state index in [9.17, 15) is 14.9 Å². The van der Waals surface area contributed by atoms with Crippen molar-refractivity contribution >= 4 is 34.2 Å². The molecule has 0 aliphatic heterocycles. The second kappa shape index (κ2) is 6.67. The molecule has 0 radical (unpaired) electrons. The summed E-state index contributed by atoms with van der Waals surface area (Å²) in [4.78, 5) is 24.2. The van der Waals surface area contributed by atoms with Crippen molar-refractivity contribution in [3.05, 3.63) is 37.4 Å². The van der Waals surface area contributed by atoms with E-state index in [1.807, 2.05) is 36.4 Å². The smallest absolute Gasteiger partial charge is 0.270 e. The van der Waals surface area contributed by atoms with Crippen LogP contribution < -0.4 is 0 Å². The summed E-state index contributed by atoms with van der Waals surface area (Å²) in [5.74, 6) is -0.146. The van der Waals surface area contributed by atoms with Gasteiger partial charge in [0.1, 0.15) is 0 Å². The van der Waals surface area contributed by atoms with E-state index in [1.54, 1.807) is 11.0 Å². The number of benzene rings is 1. The Kier molecular flexibility index (Phi) is 5.52. The van der Waals surface area contributed by atoms with Crippen LogP contribution >= 0.6 is 22.6 Å². The van der Waals surface area contributed by atoms with Gasteiger partial charge < -0.3 is 4.90 Å². The lowest BCUT2D eigenvalue weighted by molar-refractivity contribution is -0.384. The molecule has 6 heteroatoms. The van der Waals surface area contributed by atoms with Crippen molar-refractivity contribution < 1.29 is 9.72 Å². The van der Waals surface area contributed by atoms with Crippen molar-refractivity contribution in [1.82, 2.24) is 4.90 Å². The number of amides is 1. The fourth-order valence-corrected chi connectivity index (χ4v) is 2.20. The molecule has 0 fully saturated rings. The van der Waals surface area contributed by atoms with Crippen LogP contribution in [0.5, 0.6) is 0 Å². The maximum atomic E-state index is 12.3. The number of carbonyl (C=O) groups excluding carboxylic acids is 1. The van der Waals surface area contributed by atoms with Crippen LogP contribution in [0, 0.1) is 13.7 Å². The van der Waals surface area contributed by atoms with Crippen molar-refractivity contribution in [2.24, 2.45) is 0 Å². The highest BCUT2D eigenvalue weighted by atomic mass is 127. The lowest BCUT2D eigenvalue weighted by atomic mass is 10.1. The Hall–Kier alpha value is -1.18. The third kappa shape index (κ3) is 3.41. The molecule has 1 aromatic rings. The fraction of sp³-hybridized carbons (Fsp3) is 0.417. The van der Waals surface area contributed by atoms with E-state index in [2.05, 4.69) is 0 Å². The van der Waals surface area contributed by atoms with Crippen LogP contribution in [0.2, 0.25) is 0 Å². The minimum Gasteiger partial charge on any atom is -0.339 e. The number of hydrogen-bond acceptors (Lipinski definition) is 3. The van der Waals surface area contributed by atoms with Gasteiger partial charge in [-0.15, -0.1) is 0 Å². The summed E-state index contributed by atoms with van der Waals surface area (Å²) in [6.07, 6.45) is 0.866. The Morgan fingerprint density at radius 2 is 2.11 bits per heavy atom. The van der Waals surface area contributed by atoms with Crippen molar-refractivity contribution in [2.45, 2.75) is 20.3 Å². The number of non-ortho nitro benzene ring substituents is 1. The molecule has 0 aromatic heterocycles. The monoisotopic (exact) mass is 362 g/mol. The fourth-order valence-electron chi connectivity index (χ4n) is 1.63. The second-order valence-corrected chi connectivity index (χ2v) is 4.97. The first-order chi connectivity index (χ1) is 8.51. The molecule has 98 valence electrons. The van der Waals surface area contributed by atoms with Crippen molar-refractivity contribution in [3.63, 3.8) is 0 Å². The topological polar surface area (TPSA) is 63.5 Å². The molecule has 0 N–H and O–H groups in total. The van der Waals surface area contributed by atoms with E-state index in [-0.39, 0.29) is 11.6 Å². The largest absolute Gasteiger partial charge is 0.339 e. The first kappa shape index (κ1) is 14.9. The summed E-state index contributed by atoms with van der Waals surface area (Å²) >= 11 is 2.02. The van der Waals surface area contributed by atoms with E-state index in [4.69, 9.17) is 0 Å². The van der Waals surface area contributed by atoms with E-state index >= 15 is 0 Å². The van der Waals surface area contributed by atoms with Crippen LogP contribution in [0.4, 0.5) is 5.69 Å². The summed E-state index contributed by atoms with van der Waals surface area (Å²) in [5, 5.41) is 10.7. The number of halogens is 1. The van der Waals surface area contributed by atoms with E-state index < -0.39 is 4.92 Å². The number of nitro groups is 1. The standard InChI is InChI=1S/C12H15IN2O3/c1-3-7-14(4-2)12(16)10-8-9(15(17)18)5-6-11(10)13/h5-6,8H,3-4,7H2,1-2H3. The highest BCUT2D eigenvalue weighted by molar-refractivity contribution is 14.1. The molecular weight excluding hydrogens is 347 g/mol. The molecule has 0 saturated carbocycles. The molecule has 1 rings (SSSR count). The third-order valence-corrected chi connectivity index (χ3v) is 3.49. The molecule has 0 unspecified atom stereocenters. The number of carbonyl (C=O) groups is 1. The van der Waals surface area contributed by atoms with Gasteiger partial charge in [0.05, 0.1) is 10.5 Å². The zero-order valence-corrected chi connectivity index (χ0v) is 12.5. The summed E-state index contributed by atoms with van der Waals surface area (Å²) in [6, 6.07) is 4.36. The predicted octanol–water partition coefficient (Wildman–Crippen LogP) is 3.07. The lowest BCUT2D eigenvalue weighted by Crippen LogP contribution is -2.32. The first-order valence-electron chi connectivity index (χ1n) is 5.74. The maximum Gasteiger partial charge on any atom is 0.270 e. The highest BCUT2D eigenvalue weighted by Crippen LogP contribution is 2.21. The number of rotatable bonds is 5. The molecule has 1 aromatic carbocycles. The van der Waals surface area contributed by atoms with Gasteiger partial charge in [-0.05, 0) is 42.0 Å². The lowest BCUT2D eigenvalue weighted by Gasteiger charge is -2.20. The van der Waals surface area contributed by atoms with Crippen molar-refractivity contribution in [2.75, 3.05) is 13.1 Å². The Morgan fingerprint density at radius 3 is 2.61 bits per heavy atom. The van der Waals surface area contributed by atoms with Crippen LogP contribution in [0.25, 0.3) is 0 Å². The number of nitrogens with zero attached hydrogens (tertiary/aromatic N) is 2. The van der Waals surface area contributed by atoms with E-state index in [0.717, 1.165) is 9.99 Å². The van der Waals surface area contributed by atoms with Crippen LogP contribution in [0.15, 0.2) is 18.2 Å². The summed E-state index contributed by atoms with van der Waals surface area (Å²) in [7, 11) is 0. The average molecular weight is 362 g/mol. The highest BCUT2D eigenvalue weighted by Gasteiger charge is 2.19. The Labute approximate surface area is 119 Å². The molecule has 0 spiro atoms.